The minimum absolute atomic E-state index is 0.0956. The van der Waals surface area contributed by atoms with E-state index in [4.69, 9.17) is 5.73 Å². The van der Waals surface area contributed by atoms with Crippen molar-refractivity contribution in [2.75, 3.05) is 6.54 Å². The molecule has 1 amide bonds. The molecule has 0 saturated heterocycles. The van der Waals surface area contributed by atoms with Gasteiger partial charge in [-0.15, -0.1) is 0 Å². The van der Waals surface area contributed by atoms with Crippen molar-refractivity contribution >= 4 is 5.91 Å². The normalized spacial score (nSPS) is 13.6. The summed E-state index contributed by atoms with van der Waals surface area (Å²) in [5, 5.41) is 3.06. The van der Waals surface area contributed by atoms with Crippen LogP contribution in [0.5, 0.6) is 0 Å². The summed E-state index contributed by atoms with van der Waals surface area (Å²) in [6.07, 6.45) is 6.29. The first-order valence-electron chi connectivity index (χ1n) is 8.94. The van der Waals surface area contributed by atoms with E-state index in [1.54, 1.807) is 6.20 Å². The first kappa shape index (κ1) is 16.5. The first-order chi connectivity index (χ1) is 12.7. The molecule has 2 heterocycles. The molecule has 1 aromatic carbocycles. The molecule has 0 radical (unpaired) electrons. The highest BCUT2D eigenvalue weighted by Crippen LogP contribution is 2.32. The van der Waals surface area contributed by atoms with Gasteiger partial charge in [0.2, 0.25) is 0 Å². The van der Waals surface area contributed by atoms with Gasteiger partial charge in [-0.2, -0.15) is 0 Å². The van der Waals surface area contributed by atoms with Crippen LogP contribution in [0.4, 0.5) is 0 Å². The topological polar surface area (TPSA) is 83.8 Å². The van der Waals surface area contributed by atoms with Gasteiger partial charge in [-0.25, -0.2) is 0 Å². The molecule has 5 heteroatoms. The molecule has 0 spiro atoms. The van der Waals surface area contributed by atoms with Crippen LogP contribution in [0.3, 0.4) is 0 Å². The predicted octanol–water partition coefficient (Wildman–Crippen LogP) is 2.48. The molecule has 3 aromatic rings. The fourth-order valence-electron chi connectivity index (χ4n) is 3.55. The van der Waals surface area contributed by atoms with E-state index in [1.807, 2.05) is 48.7 Å². The van der Waals surface area contributed by atoms with E-state index in [2.05, 4.69) is 15.3 Å². The lowest BCUT2D eigenvalue weighted by Crippen LogP contribution is -2.41. The molecule has 0 unspecified atom stereocenters. The molecule has 0 fully saturated rings. The number of nitrogens with one attached hydrogen (secondary N) is 2. The highest BCUT2D eigenvalue weighted by molar-refractivity contribution is 5.94. The zero-order valence-electron chi connectivity index (χ0n) is 14.5. The van der Waals surface area contributed by atoms with Crippen LogP contribution in [0.1, 0.15) is 27.2 Å². The molecule has 1 atom stereocenters. The summed E-state index contributed by atoms with van der Waals surface area (Å²) >= 11 is 0. The van der Waals surface area contributed by atoms with Crippen LogP contribution in [-0.4, -0.2) is 28.5 Å². The van der Waals surface area contributed by atoms with Gasteiger partial charge in [-0.1, -0.05) is 30.3 Å². The predicted molar refractivity (Wildman–Crippen MR) is 102 cm³/mol. The molecule has 0 bridgehead atoms. The Kier molecular flexibility index (Phi) is 4.54. The lowest BCUT2D eigenvalue weighted by molar-refractivity contribution is 0.0933. The van der Waals surface area contributed by atoms with Gasteiger partial charge in [-0.3, -0.25) is 9.78 Å². The zero-order valence-corrected chi connectivity index (χ0v) is 14.5. The number of aromatic amines is 1. The molecule has 2 aromatic heterocycles. The largest absolute Gasteiger partial charge is 0.350 e. The Labute approximate surface area is 152 Å². The third-order valence-corrected chi connectivity index (χ3v) is 4.93. The van der Waals surface area contributed by atoms with Crippen LogP contribution in [0.25, 0.3) is 11.3 Å². The molecule has 0 aliphatic heterocycles. The number of rotatable bonds is 5. The molecule has 4 N–H and O–H groups in total. The minimum atomic E-state index is -0.110. The molecule has 0 saturated carbocycles. The Bertz CT molecular complexity index is 917. The Morgan fingerprint density at radius 3 is 2.81 bits per heavy atom. The molecule has 1 aliphatic carbocycles. The highest BCUT2D eigenvalue weighted by atomic mass is 16.1. The number of nitrogens with zero attached hydrogens (tertiary/aromatic N) is 1. The van der Waals surface area contributed by atoms with Crippen molar-refractivity contribution in [3.05, 3.63) is 77.2 Å². The van der Waals surface area contributed by atoms with Gasteiger partial charge in [-0.05, 0) is 48.1 Å². The van der Waals surface area contributed by atoms with Crippen LogP contribution in [0.2, 0.25) is 0 Å². The van der Waals surface area contributed by atoms with Crippen molar-refractivity contribution in [1.29, 1.82) is 0 Å². The second-order valence-corrected chi connectivity index (χ2v) is 6.71. The van der Waals surface area contributed by atoms with Crippen LogP contribution < -0.4 is 11.1 Å². The SMILES string of the molecule is NC[C@H](Cc1ccccc1)NC(=O)c1cc2c([nH]1)-c1ccncc1CC2. The summed E-state index contributed by atoms with van der Waals surface area (Å²) in [4.78, 5) is 20.2. The number of carbonyl (C=O) groups excluding carboxylic acids is 1. The van der Waals surface area contributed by atoms with Gasteiger partial charge in [0.15, 0.2) is 0 Å². The Balaban J connectivity index is 1.52. The number of aryl methyl sites for hydroxylation is 2. The maximum absolute atomic E-state index is 12.7. The smallest absolute Gasteiger partial charge is 0.267 e. The fraction of sp³-hybridized carbons (Fsp3) is 0.238. The number of pyridine rings is 1. The maximum atomic E-state index is 12.7. The molecule has 132 valence electrons. The third kappa shape index (κ3) is 3.26. The molecule has 1 aliphatic rings. The third-order valence-electron chi connectivity index (χ3n) is 4.93. The van der Waals surface area contributed by atoms with Crippen molar-refractivity contribution in [2.45, 2.75) is 25.3 Å². The van der Waals surface area contributed by atoms with Crippen molar-refractivity contribution in [1.82, 2.24) is 15.3 Å². The fourth-order valence-corrected chi connectivity index (χ4v) is 3.55. The van der Waals surface area contributed by atoms with E-state index < -0.39 is 0 Å². The van der Waals surface area contributed by atoms with Gasteiger partial charge in [0.1, 0.15) is 5.69 Å². The standard InChI is InChI=1S/C21H22N4O/c22-12-17(10-14-4-2-1-3-5-14)24-21(26)19-11-15-6-7-16-13-23-9-8-18(16)20(15)25-19/h1-5,8-9,11,13,17,25H,6-7,10,12,22H2,(H,24,26)/t17-/m0/s1. The van der Waals surface area contributed by atoms with Gasteiger partial charge in [0.25, 0.3) is 5.91 Å². The van der Waals surface area contributed by atoms with Crippen molar-refractivity contribution < 1.29 is 4.79 Å². The first-order valence-corrected chi connectivity index (χ1v) is 8.94. The van der Waals surface area contributed by atoms with Gasteiger partial charge in [0, 0.05) is 36.2 Å². The number of carbonyl (C=O) groups is 1. The van der Waals surface area contributed by atoms with E-state index in [0.717, 1.165) is 36.1 Å². The lowest BCUT2D eigenvalue weighted by atomic mass is 9.92. The van der Waals surface area contributed by atoms with E-state index in [-0.39, 0.29) is 11.9 Å². The van der Waals surface area contributed by atoms with Crippen LogP contribution >= 0.6 is 0 Å². The summed E-state index contributed by atoms with van der Waals surface area (Å²) < 4.78 is 0. The van der Waals surface area contributed by atoms with Crippen molar-refractivity contribution in [2.24, 2.45) is 5.73 Å². The highest BCUT2D eigenvalue weighted by Gasteiger charge is 2.22. The number of hydrogen-bond donors (Lipinski definition) is 3. The Hall–Kier alpha value is -2.92. The van der Waals surface area contributed by atoms with E-state index in [0.29, 0.717) is 12.2 Å². The molecule has 26 heavy (non-hydrogen) atoms. The monoisotopic (exact) mass is 346 g/mol. The summed E-state index contributed by atoms with van der Waals surface area (Å²) in [5.74, 6) is -0.110. The van der Waals surface area contributed by atoms with E-state index in [9.17, 15) is 4.79 Å². The van der Waals surface area contributed by atoms with Gasteiger partial charge < -0.3 is 16.0 Å². The Morgan fingerprint density at radius 2 is 2.00 bits per heavy atom. The maximum Gasteiger partial charge on any atom is 0.267 e. The number of H-pyrrole nitrogens is 1. The molecule has 5 nitrogen and oxygen atoms in total. The number of aromatic nitrogens is 2. The van der Waals surface area contributed by atoms with E-state index in [1.165, 1.54) is 11.1 Å². The van der Waals surface area contributed by atoms with Crippen LogP contribution in [0.15, 0.2) is 54.9 Å². The number of nitrogens with two attached hydrogens (primary N) is 1. The summed E-state index contributed by atoms with van der Waals surface area (Å²) in [6.45, 7) is 0.398. The van der Waals surface area contributed by atoms with Gasteiger partial charge in [0.05, 0.1) is 0 Å². The lowest BCUT2D eigenvalue weighted by Gasteiger charge is -2.16. The van der Waals surface area contributed by atoms with Crippen molar-refractivity contribution in [3.63, 3.8) is 0 Å². The number of hydrogen-bond acceptors (Lipinski definition) is 3. The van der Waals surface area contributed by atoms with Crippen LogP contribution in [-0.2, 0) is 19.3 Å². The molecular weight excluding hydrogens is 324 g/mol. The summed E-state index contributed by atoms with van der Waals surface area (Å²) in [7, 11) is 0. The van der Waals surface area contributed by atoms with Gasteiger partial charge >= 0.3 is 0 Å². The summed E-state index contributed by atoms with van der Waals surface area (Å²) in [5.41, 5.74) is 12.2. The average molecular weight is 346 g/mol. The average Bonchev–Trinajstić information content (AvgIpc) is 3.13. The van der Waals surface area contributed by atoms with E-state index >= 15 is 0 Å². The minimum Gasteiger partial charge on any atom is -0.350 e. The Morgan fingerprint density at radius 1 is 1.19 bits per heavy atom. The number of benzene rings is 1. The quantitative estimate of drug-likeness (QED) is 0.663. The number of fused-ring (bicyclic) bond motifs is 3. The number of amides is 1. The molecule has 4 rings (SSSR count). The van der Waals surface area contributed by atoms with Crippen LogP contribution in [0, 0.1) is 0 Å². The second-order valence-electron chi connectivity index (χ2n) is 6.71. The second kappa shape index (κ2) is 7.14. The summed E-state index contributed by atoms with van der Waals surface area (Å²) in [6, 6.07) is 13.9. The zero-order chi connectivity index (χ0) is 17.9. The molecular formula is C21H22N4O. The van der Waals surface area contributed by atoms with Crippen molar-refractivity contribution in [3.8, 4) is 11.3 Å².